The number of aliphatic hydroxyl groups is 1. The Balaban J connectivity index is 1.98. The normalized spacial score (nSPS) is 34.8. The summed E-state index contributed by atoms with van der Waals surface area (Å²) < 4.78 is 4.76. The molecule has 0 radical (unpaired) electrons. The molecule has 17 heavy (non-hydrogen) atoms. The Bertz CT molecular complexity index is 269. The molecule has 0 aromatic heterocycles. The molecule has 2 aliphatic rings. The molecule has 1 saturated heterocycles. The third kappa shape index (κ3) is 2.99. The number of ether oxygens (including phenoxy) is 1. The first-order chi connectivity index (χ1) is 8.22. The van der Waals surface area contributed by atoms with E-state index in [-0.39, 0.29) is 24.2 Å². The summed E-state index contributed by atoms with van der Waals surface area (Å²) in [6.07, 6.45) is 6.77. The molecule has 0 bridgehead atoms. The molecule has 2 rings (SSSR count). The Kier molecular flexibility index (Phi) is 4.40. The Hall–Kier alpha value is -0.610. The first-order valence-electron chi connectivity index (χ1n) is 6.73. The lowest BCUT2D eigenvalue weighted by Gasteiger charge is -2.40. The number of hydrogen-bond acceptors (Lipinski definition) is 4. The van der Waals surface area contributed by atoms with Crippen molar-refractivity contribution in [1.29, 1.82) is 0 Å². The molecule has 4 heteroatoms. The van der Waals surface area contributed by atoms with Gasteiger partial charge in [0.2, 0.25) is 0 Å². The van der Waals surface area contributed by atoms with Crippen LogP contribution < -0.4 is 0 Å². The van der Waals surface area contributed by atoms with Crippen LogP contribution in [0.15, 0.2) is 0 Å². The molecule has 0 amide bonds. The number of piperidine rings is 1. The molecule has 1 N–H and O–H groups in total. The van der Waals surface area contributed by atoms with Crippen molar-refractivity contribution in [3.05, 3.63) is 0 Å². The molecule has 3 unspecified atom stereocenters. The van der Waals surface area contributed by atoms with Crippen molar-refractivity contribution in [1.82, 2.24) is 4.90 Å². The molecule has 1 aliphatic carbocycles. The molecule has 98 valence electrons. The van der Waals surface area contributed by atoms with Crippen LogP contribution in [0, 0.1) is 0 Å². The van der Waals surface area contributed by atoms with Gasteiger partial charge in [-0.3, -0.25) is 9.69 Å². The van der Waals surface area contributed by atoms with Crippen LogP contribution in [0.5, 0.6) is 0 Å². The van der Waals surface area contributed by atoms with Gasteiger partial charge in [0.05, 0.1) is 19.6 Å². The van der Waals surface area contributed by atoms with Crippen molar-refractivity contribution in [3.8, 4) is 0 Å². The van der Waals surface area contributed by atoms with Crippen molar-refractivity contribution in [2.45, 2.75) is 63.1 Å². The van der Waals surface area contributed by atoms with Gasteiger partial charge in [0.1, 0.15) is 0 Å². The number of carbonyl (C=O) groups excluding carboxylic acids is 1. The molecule has 1 saturated carbocycles. The molecule has 2 fully saturated rings. The van der Waals surface area contributed by atoms with Gasteiger partial charge in [-0.1, -0.05) is 6.42 Å². The highest BCUT2D eigenvalue weighted by Crippen LogP contribution is 2.30. The van der Waals surface area contributed by atoms with Crippen LogP contribution in [-0.4, -0.2) is 47.8 Å². The number of rotatable bonds is 3. The SMILES string of the molecule is COC(=O)CC1CCCCN1C1CCCC1O. The third-order valence-corrected chi connectivity index (χ3v) is 4.17. The van der Waals surface area contributed by atoms with Crippen LogP contribution in [-0.2, 0) is 9.53 Å². The van der Waals surface area contributed by atoms with E-state index >= 15 is 0 Å². The highest BCUT2D eigenvalue weighted by Gasteiger charge is 2.36. The number of aliphatic hydroxyl groups excluding tert-OH is 1. The van der Waals surface area contributed by atoms with E-state index in [0.29, 0.717) is 6.42 Å². The summed E-state index contributed by atoms with van der Waals surface area (Å²) >= 11 is 0. The Morgan fingerprint density at radius 3 is 2.76 bits per heavy atom. The van der Waals surface area contributed by atoms with E-state index in [2.05, 4.69) is 4.90 Å². The van der Waals surface area contributed by atoms with E-state index in [1.807, 2.05) is 0 Å². The zero-order chi connectivity index (χ0) is 12.3. The zero-order valence-corrected chi connectivity index (χ0v) is 10.6. The Labute approximate surface area is 103 Å². The van der Waals surface area contributed by atoms with E-state index in [4.69, 9.17) is 4.74 Å². The number of nitrogens with zero attached hydrogens (tertiary/aromatic N) is 1. The monoisotopic (exact) mass is 241 g/mol. The number of esters is 1. The summed E-state index contributed by atoms with van der Waals surface area (Å²) in [5, 5.41) is 9.99. The minimum absolute atomic E-state index is 0.130. The van der Waals surface area contributed by atoms with Gasteiger partial charge in [0.25, 0.3) is 0 Å². The van der Waals surface area contributed by atoms with Gasteiger partial charge in [-0.15, -0.1) is 0 Å². The van der Waals surface area contributed by atoms with Crippen molar-refractivity contribution in [3.63, 3.8) is 0 Å². The fraction of sp³-hybridized carbons (Fsp3) is 0.923. The van der Waals surface area contributed by atoms with Crippen LogP contribution in [0.1, 0.15) is 44.9 Å². The number of likely N-dealkylation sites (tertiary alicyclic amines) is 1. The fourth-order valence-electron chi connectivity index (χ4n) is 3.26. The maximum atomic E-state index is 11.4. The summed E-state index contributed by atoms with van der Waals surface area (Å²) in [5.74, 6) is -0.130. The van der Waals surface area contributed by atoms with Gasteiger partial charge in [-0.05, 0) is 38.6 Å². The summed E-state index contributed by atoms with van der Waals surface area (Å²) in [7, 11) is 1.44. The summed E-state index contributed by atoms with van der Waals surface area (Å²) in [6, 6.07) is 0.541. The van der Waals surface area contributed by atoms with E-state index in [0.717, 1.165) is 32.2 Å². The van der Waals surface area contributed by atoms with E-state index < -0.39 is 0 Å². The Morgan fingerprint density at radius 1 is 1.29 bits per heavy atom. The van der Waals surface area contributed by atoms with E-state index in [1.54, 1.807) is 0 Å². The maximum Gasteiger partial charge on any atom is 0.307 e. The molecule has 4 nitrogen and oxygen atoms in total. The van der Waals surface area contributed by atoms with Gasteiger partial charge in [0.15, 0.2) is 0 Å². The molecule has 0 aromatic rings. The first-order valence-corrected chi connectivity index (χ1v) is 6.73. The molecular formula is C13H23NO3. The minimum atomic E-state index is -0.201. The topological polar surface area (TPSA) is 49.8 Å². The number of methoxy groups -OCH3 is 1. The zero-order valence-electron chi connectivity index (χ0n) is 10.6. The largest absolute Gasteiger partial charge is 0.469 e. The maximum absolute atomic E-state index is 11.4. The molecule has 1 aliphatic heterocycles. The van der Waals surface area contributed by atoms with Crippen molar-refractivity contribution in [2.24, 2.45) is 0 Å². The highest BCUT2D eigenvalue weighted by molar-refractivity contribution is 5.69. The lowest BCUT2D eigenvalue weighted by molar-refractivity contribution is -0.143. The molecule has 0 spiro atoms. The van der Waals surface area contributed by atoms with Crippen molar-refractivity contribution in [2.75, 3.05) is 13.7 Å². The lowest BCUT2D eigenvalue weighted by atomic mass is 9.96. The predicted molar refractivity (Wildman–Crippen MR) is 64.6 cm³/mol. The van der Waals surface area contributed by atoms with Crippen LogP contribution >= 0.6 is 0 Å². The Morgan fingerprint density at radius 2 is 2.12 bits per heavy atom. The first kappa shape index (κ1) is 12.8. The quantitative estimate of drug-likeness (QED) is 0.757. The van der Waals surface area contributed by atoms with Crippen LogP contribution in [0.25, 0.3) is 0 Å². The van der Waals surface area contributed by atoms with E-state index in [9.17, 15) is 9.90 Å². The van der Waals surface area contributed by atoms with Crippen LogP contribution in [0.2, 0.25) is 0 Å². The predicted octanol–water partition coefficient (Wildman–Crippen LogP) is 1.32. The molecule has 1 heterocycles. The minimum Gasteiger partial charge on any atom is -0.469 e. The van der Waals surface area contributed by atoms with Gasteiger partial charge in [0, 0.05) is 12.1 Å². The van der Waals surface area contributed by atoms with E-state index in [1.165, 1.54) is 20.0 Å². The summed E-state index contributed by atoms with van der Waals surface area (Å²) in [4.78, 5) is 13.8. The number of carbonyl (C=O) groups is 1. The van der Waals surface area contributed by atoms with Gasteiger partial charge < -0.3 is 9.84 Å². The molecule has 3 atom stereocenters. The summed E-state index contributed by atoms with van der Waals surface area (Å²) in [6.45, 7) is 1.02. The second kappa shape index (κ2) is 5.83. The molecular weight excluding hydrogens is 218 g/mol. The lowest BCUT2D eigenvalue weighted by Crippen LogP contribution is -2.50. The third-order valence-electron chi connectivity index (χ3n) is 4.17. The smallest absolute Gasteiger partial charge is 0.307 e. The van der Waals surface area contributed by atoms with Crippen LogP contribution in [0.4, 0.5) is 0 Å². The number of hydrogen-bond donors (Lipinski definition) is 1. The standard InChI is InChI=1S/C13H23NO3/c1-17-13(16)9-10-5-2-3-8-14(10)11-6-4-7-12(11)15/h10-12,15H,2-9H2,1H3. The average Bonchev–Trinajstić information content (AvgIpc) is 2.76. The summed E-state index contributed by atoms with van der Waals surface area (Å²) in [5.41, 5.74) is 0. The van der Waals surface area contributed by atoms with Crippen molar-refractivity contribution < 1.29 is 14.6 Å². The van der Waals surface area contributed by atoms with Gasteiger partial charge in [-0.25, -0.2) is 0 Å². The van der Waals surface area contributed by atoms with Crippen molar-refractivity contribution >= 4 is 5.97 Å². The fourth-order valence-corrected chi connectivity index (χ4v) is 3.26. The molecule has 0 aromatic carbocycles. The van der Waals surface area contributed by atoms with Crippen LogP contribution in [0.3, 0.4) is 0 Å². The average molecular weight is 241 g/mol. The van der Waals surface area contributed by atoms with Gasteiger partial charge in [-0.2, -0.15) is 0 Å². The van der Waals surface area contributed by atoms with Gasteiger partial charge >= 0.3 is 5.97 Å². The second-order valence-electron chi connectivity index (χ2n) is 5.23. The second-order valence-corrected chi connectivity index (χ2v) is 5.23. The highest BCUT2D eigenvalue weighted by atomic mass is 16.5.